The summed E-state index contributed by atoms with van der Waals surface area (Å²) in [6.07, 6.45) is 2.19. The van der Waals surface area contributed by atoms with E-state index in [1.54, 1.807) is 6.07 Å². The van der Waals surface area contributed by atoms with Gasteiger partial charge in [0.15, 0.2) is 11.8 Å². The Labute approximate surface area is 200 Å². The molecule has 3 N–H and O–H groups in total. The molecule has 1 aliphatic rings. The number of urea groups is 1. The fraction of sp³-hybridized carbons (Fsp3) is 0.200. The quantitative estimate of drug-likeness (QED) is 0.407. The molecular weight excluding hydrogens is 417 g/mol. The van der Waals surface area contributed by atoms with Gasteiger partial charge in [-0.1, -0.05) is 30.3 Å². The number of carboxylic acid groups (broad SMARTS) is 1. The first-order valence-corrected chi connectivity index (χ1v) is 9.59. The van der Waals surface area contributed by atoms with E-state index in [1.807, 2.05) is 36.4 Å². The van der Waals surface area contributed by atoms with Crippen molar-refractivity contribution in [1.82, 2.24) is 15.5 Å². The van der Waals surface area contributed by atoms with Gasteiger partial charge in [0.2, 0.25) is 0 Å². The average Bonchev–Trinajstić information content (AvgIpc) is 3.18. The first-order valence-electron chi connectivity index (χ1n) is 8.78. The number of hydrogen-bond donors (Lipinski definition) is 3. The molecule has 8 nitrogen and oxygen atoms in total. The SMILES string of the molecule is CN1C=CC(=O)C(NC(=O)N[C@@H](CC(=O)O)c2ccc(-c3ccccc3)s2)C1=O.[H-].[Na+]. The van der Waals surface area contributed by atoms with Crippen LogP contribution in [-0.2, 0) is 14.4 Å². The van der Waals surface area contributed by atoms with Crippen molar-refractivity contribution >= 4 is 35.0 Å². The first-order chi connectivity index (χ1) is 13.8. The Morgan fingerprint density at radius 1 is 1.20 bits per heavy atom. The number of rotatable bonds is 6. The summed E-state index contributed by atoms with van der Waals surface area (Å²) in [5.41, 5.74) is 0.982. The summed E-state index contributed by atoms with van der Waals surface area (Å²) in [7, 11) is 1.47. The van der Waals surface area contributed by atoms with Crippen LogP contribution in [-0.4, -0.2) is 46.8 Å². The van der Waals surface area contributed by atoms with Gasteiger partial charge in [-0.3, -0.25) is 14.4 Å². The molecule has 1 aliphatic heterocycles. The molecule has 0 fully saturated rings. The van der Waals surface area contributed by atoms with Crippen molar-refractivity contribution in [2.24, 2.45) is 0 Å². The summed E-state index contributed by atoms with van der Waals surface area (Å²) in [6.45, 7) is 0. The van der Waals surface area contributed by atoms with Gasteiger partial charge in [0.05, 0.1) is 12.5 Å². The van der Waals surface area contributed by atoms with Gasteiger partial charge in [0.1, 0.15) is 0 Å². The van der Waals surface area contributed by atoms with Gasteiger partial charge < -0.3 is 22.1 Å². The molecule has 2 aromatic rings. The zero-order valence-corrected chi connectivity index (χ0v) is 19.3. The molecule has 10 heteroatoms. The van der Waals surface area contributed by atoms with E-state index >= 15 is 0 Å². The van der Waals surface area contributed by atoms with Crippen LogP contribution in [0.1, 0.15) is 18.8 Å². The Kier molecular flexibility index (Phi) is 8.36. The molecule has 0 saturated carbocycles. The van der Waals surface area contributed by atoms with Crippen molar-refractivity contribution < 1.29 is 55.3 Å². The van der Waals surface area contributed by atoms with Crippen LogP contribution in [0.4, 0.5) is 4.79 Å². The van der Waals surface area contributed by atoms with Crippen molar-refractivity contribution in [1.29, 1.82) is 0 Å². The standard InChI is InChI=1S/C20H19N3O5S.Na.H/c1-23-10-9-14(24)18(19(23)27)22-20(28)21-13(11-17(25)26)16-8-7-15(29-16)12-5-3-2-4-6-12;;/h2-10,13,18H,11H2,1H3,(H,25,26)(H2,21,22,28);;/q;+1;-1/t13-,18?;;/m0../s1. The number of carboxylic acids is 1. The molecule has 3 rings (SSSR count). The molecule has 2 heterocycles. The Bertz CT molecular complexity index is 982. The Balaban J connectivity index is 0.00000240. The minimum atomic E-state index is -1.33. The Hall–Kier alpha value is -2.46. The van der Waals surface area contributed by atoms with Crippen LogP contribution >= 0.6 is 11.3 Å². The number of likely N-dealkylation sites (N-methyl/N-ethyl adjacent to an activating group) is 1. The van der Waals surface area contributed by atoms with Gasteiger partial charge in [-0.15, -0.1) is 11.3 Å². The fourth-order valence-electron chi connectivity index (χ4n) is 2.84. The van der Waals surface area contributed by atoms with E-state index in [0.717, 1.165) is 10.4 Å². The van der Waals surface area contributed by atoms with Gasteiger partial charge in [0.25, 0.3) is 5.91 Å². The third kappa shape index (κ3) is 5.79. The maximum absolute atomic E-state index is 12.4. The molecule has 1 aromatic carbocycles. The number of hydrogen-bond acceptors (Lipinski definition) is 5. The summed E-state index contributed by atoms with van der Waals surface area (Å²) in [5.74, 6) is -2.19. The topological polar surface area (TPSA) is 116 Å². The van der Waals surface area contributed by atoms with Crippen LogP contribution in [0.15, 0.2) is 54.7 Å². The molecule has 0 bridgehead atoms. The zero-order chi connectivity index (χ0) is 21.0. The average molecular weight is 437 g/mol. The second kappa shape index (κ2) is 10.5. The maximum Gasteiger partial charge on any atom is 1.00 e. The maximum atomic E-state index is 12.4. The van der Waals surface area contributed by atoms with Crippen molar-refractivity contribution in [2.75, 3.05) is 7.05 Å². The van der Waals surface area contributed by atoms with E-state index in [9.17, 15) is 24.3 Å². The summed E-state index contributed by atoms with van der Waals surface area (Å²) >= 11 is 1.37. The van der Waals surface area contributed by atoms with E-state index in [4.69, 9.17) is 0 Å². The van der Waals surface area contributed by atoms with E-state index in [1.165, 1.54) is 35.6 Å². The largest absolute Gasteiger partial charge is 1.00 e. The van der Waals surface area contributed by atoms with E-state index in [2.05, 4.69) is 10.6 Å². The third-order valence-corrected chi connectivity index (χ3v) is 5.58. The normalized spacial score (nSPS) is 16.6. The van der Waals surface area contributed by atoms with Gasteiger partial charge in [-0.05, 0) is 17.7 Å². The molecule has 1 unspecified atom stereocenters. The number of carbonyl (C=O) groups is 4. The predicted molar refractivity (Wildman–Crippen MR) is 108 cm³/mol. The number of carbonyl (C=O) groups excluding carboxylic acids is 3. The van der Waals surface area contributed by atoms with E-state index < -0.39 is 35.8 Å². The molecule has 0 spiro atoms. The molecule has 152 valence electrons. The molecule has 0 saturated heterocycles. The molecule has 0 aliphatic carbocycles. The summed E-state index contributed by atoms with van der Waals surface area (Å²) < 4.78 is 0. The van der Waals surface area contributed by atoms with Crippen molar-refractivity contribution in [3.63, 3.8) is 0 Å². The van der Waals surface area contributed by atoms with Gasteiger partial charge in [-0.2, -0.15) is 0 Å². The number of ketones is 1. The number of benzene rings is 1. The van der Waals surface area contributed by atoms with Gasteiger partial charge in [0, 0.05) is 29.1 Å². The van der Waals surface area contributed by atoms with Gasteiger partial charge in [-0.25, -0.2) is 4.79 Å². The Morgan fingerprint density at radius 3 is 2.57 bits per heavy atom. The summed E-state index contributed by atoms with van der Waals surface area (Å²) in [4.78, 5) is 50.5. The summed E-state index contributed by atoms with van der Waals surface area (Å²) in [6, 6.07) is 10.3. The molecule has 2 atom stereocenters. The van der Waals surface area contributed by atoms with Crippen molar-refractivity contribution in [3.8, 4) is 10.4 Å². The van der Waals surface area contributed by atoms with Crippen molar-refractivity contribution in [3.05, 3.63) is 59.6 Å². The minimum Gasteiger partial charge on any atom is -1.00 e. The van der Waals surface area contributed by atoms with Crippen LogP contribution in [0.2, 0.25) is 0 Å². The molecule has 30 heavy (non-hydrogen) atoms. The second-order valence-corrected chi connectivity index (χ2v) is 7.55. The molecule has 1 aromatic heterocycles. The first kappa shape index (κ1) is 23.8. The van der Waals surface area contributed by atoms with Crippen LogP contribution in [0.5, 0.6) is 0 Å². The molecule has 3 amide bonds. The number of nitrogens with one attached hydrogen (secondary N) is 2. The molecular formula is C20H20N3NaO5S. The minimum absolute atomic E-state index is 0. The fourth-order valence-corrected chi connectivity index (χ4v) is 3.90. The van der Waals surface area contributed by atoms with E-state index in [0.29, 0.717) is 4.88 Å². The Morgan fingerprint density at radius 2 is 1.90 bits per heavy atom. The van der Waals surface area contributed by atoms with Gasteiger partial charge >= 0.3 is 41.6 Å². The van der Waals surface area contributed by atoms with Crippen molar-refractivity contribution in [2.45, 2.75) is 18.5 Å². The van der Waals surface area contributed by atoms with Crippen LogP contribution in [0, 0.1) is 0 Å². The predicted octanol–water partition coefficient (Wildman–Crippen LogP) is -0.730. The zero-order valence-electron chi connectivity index (χ0n) is 17.5. The number of aliphatic carboxylic acids is 1. The second-order valence-electron chi connectivity index (χ2n) is 6.44. The molecule has 0 radical (unpaired) electrons. The van der Waals surface area contributed by atoms with Crippen LogP contribution in [0.25, 0.3) is 10.4 Å². The number of amides is 3. The van der Waals surface area contributed by atoms with E-state index in [-0.39, 0.29) is 37.4 Å². The smallest absolute Gasteiger partial charge is 1.00 e. The third-order valence-electron chi connectivity index (χ3n) is 4.33. The number of nitrogens with zero attached hydrogens (tertiary/aromatic N) is 1. The number of thiophene rings is 1. The van der Waals surface area contributed by atoms with Crippen LogP contribution < -0.4 is 40.2 Å². The van der Waals surface area contributed by atoms with Crippen LogP contribution in [0.3, 0.4) is 0 Å². The summed E-state index contributed by atoms with van der Waals surface area (Å²) in [5, 5.41) is 14.1. The monoisotopic (exact) mass is 437 g/mol.